The predicted octanol–water partition coefficient (Wildman–Crippen LogP) is 2.46. The van der Waals surface area contributed by atoms with E-state index in [1.54, 1.807) is 6.20 Å². The molecule has 3 nitrogen and oxygen atoms in total. The van der Waals surface area contributed by atoms with Gasteiger partial charge in [0.1, 0.15) is 5.82 Å². The maximum atomic E-state index is 12.2. The van der Waals surface area contributed by atoms with E-state index in [0.717, 1.165) is 28.9 Å². The zero-order valence-corrected chi connectivity index (χ0v) is 9.97. The van der Waals surface area contributed by atoms with Gasteiger partial charge in [-0.2, -0.15) is 0 Å². The molecule has 0 spiro atoms. The normalized spacial score (nSPS) is 18.5. The summed E-state index contributed by atoms with van der Waals surface area (Å²) >= 11 is 0. The molecule has 3 rings (SSSR count). The molecule has 1 atom stereocenters. The number of rotatable bonds is 1. The van der Waals surface area contributed by atoms with Crippen LogP contribution in [0.1, 0.15) is 22.8 Å². The largest absolute Gasteiger partial charge is 0.334 e. The third-order valence-corrected chi connectivity index (χ3v) is 3.43. The first-order valence-electron chi connectivity index (χ1n) is 5.82. The maximum absolute atomic E-state index is 12.2. The molecule has 0 aliphatic heterocycles. The zero-order chi connectivity index (χ0) is 12.0. The Morgan fingerprint density at radius 3 is 2.94 bits per heavy atom. The molecule has 1 aliphatic carbocycles. The van der Waals surface area contributed by atoms with Gasteiger partial charge in [-0.1, -0.05) is 25.1 Å². The third-order valence-electron chi connectivity index (χ3n) is 3.43. The molecule has 0 saturated carbocycles. The fourth-order valence-electron chi connectivity index (χ4n) is 2.54. The number of ketones is 1. The fraction of sp³-hybridized carbons (Fsp3) is 0.286. The molecule has 1 unspecified atom stereocenters. The van der Waals surface area contributed by atoms with Gasteiger partial charge in [0.15, 0.2) is 5.78 Å². The van der Waals surface area contributed by atoms with Gasteiger partial charge in [-0.05, 0) is 12.0 Å². The first-order chi connectivity index (χ1) is 8.18. The van der Waals surface area contributed by atoms with Crippen molar-refractivity contribution >= 4 is 5.78 Å². The third kappa shape index (κ3) is 1.42. The van der Waals surface area contributed by atoms with Crippen LogP contribution in [0.25, 0.3) is 11.4 Å². The number of carbonyl (C=O) groups is 1. The van der Waals surface area contributed by atoms with Crippen LogP contribution < -0.4 is 0 Å². The minimum Gasteiger partial charge on any atom is -0.334 e. The standard InChI is InChI=1S/C14H14N2O/c1-9-8-10-4-3-5-11(12(10)13(9)17)14-15-6-7-16(14)2/h3-7,9H,8H2,1-2H3. The lowest BCUT2D eigenvalue weighted by Gasteiger charge is -2.07. The van der Waals surface area contributed by atoms with E-state index >= 15 is 0 Å². The van der Waals surface area contributed by atoms with E-state index in [4.69, 9.17) is 0 Å². The summed E-state index contributed by atoms with van der Waals surface area (Å²) in [7, 11) is 1.95. The van der Waals surface area contributed by atoms with Gasteiger partial charge in [-0.3, -0.25) is 4.79 Å². The second kappa shape index (κ2) is 3.55. The van der Waals surface area contributed by atoms with Crippen LogP contribution in [0.4, 0.5) is 0 Å². The van der Waals surface area contributed by atoms with E-state index in [0.29, 0.717) is 0 Å². The van der Waals surface area contributed by atoms with Crippen molar-refractivity contribution in [1.29, 1.82) is 0 Å². The van der Waals surface area contributed by atoms with Crippen LogP contribution in [0.3, 0.4) is 0 Å². The van der Waals surface area contributed by atoms with Gasteiger partial charge in [0.2, 0.25) is 0 Å². The Kier molecular flexibility index (Phi) is 2.15. The molecular weight excluding hydrogens is 212 g/mol. The van der Waals surface area contributed by atoms with Crippen LogP contribution >= 0.6 is 0 Å². The topological polar surface area (TPSA) is 34.9 Å². The molecule has 17 heavy (non-hydrogen) atoms. The Balaban J connectivity index is 2.25. The molecule has 0 amide bonds. The van der Waals surface area contributed by atoms with Crippen molar-refractivity contribution in [3.05, 3.63) is 41.7 Å². The number of hydrogen-bond acceptors (Lipinski definition) is 2. The van der Waals surface area contributed by atoms with E-state index in [9.17, 15) is 4.79 Å². The first-order valence-corrected chi connectivity index (χ1v) is 5.82. The molecular formula is C14H14N2O. The summed E-state index contributed by atoms with van der Waals surface area (Å²) in [6, 6.07) is 6.04. The summed E-state index contributed by atoms with van der Waals surface area (Å²) in [6.45, 7) is 1.99. The lowest BCUT2D eigenvalue weighted by atomic mass is 10.0. The fourth-order valence-corrected chi connectivity index (χ4v) is 2.54. The molecule has 1 aromatic heterocycles. The number of aryl methyl sites for hydroxylation is 1. The van der Waals surface area contributed by atoms with E-state index in [-0.39, 0.29) is 11.7 Å². The number of nitrogens with zero attached hydrogens (tertiary/aromatic N) is 2. The Labute approximate surface area is 100 Å². The summed E-state index contributed by atoms with van der Waals surface area (Å²) in [4.78, 5) is 16.5. The summed E-state index contributed by atoms with van der Waals surface area (Å²) in [5.74, 6) is 1.22. The highest BCUT2D eigenvalue weighted by Gasteiger charge is 2.30. The predicted molar refractivity (Wildman–Crippen MR) is 65.8 cm³/mol. The number of fused-ring (bicyclic) bond motifs is 1. The van der Waals surface area contributed by atoms with Crippen LogP contribution in [-0.2, 0) is 13.5 Å². The Morgan fingerprint density at radius 2 is 2.24 bits per heavy atom. The van der Waals surface area contributed by atoms with Crippen molar-refractivity contribution in [3.63, 3.8) is 0 Å². The first kappa shape index (κ1) is 10.3. The van der Waals surface area contributed by atoms with Crippen molar-refractivity contribution in [1.82, 2.24) is 9.55 Å². The van der Waals surface area contributed by atoms with Gasteiger partial charge < -0.3 is 4.57 Å². The van der Waals surface area contributed by atoms with Gasteiger partial charge in [0, 0.05) is 36.5 Å². The van der Waals surface area contributed by atoms with Crippen LogP contribution in [0, 0.1) is 5.92 Å². The van der Waals surface area contributed by atoms with Crippen LogP contribution in [0.15, 0.2) is 30.6 Å². The maximum Gasteiger partial charge on any atom is 0.167 e. The number of carbonyl (C=O) groups excluding carboxylic acids is 1. The molecule has 1 aliphatic rings. The van der Waals surface area contributed by atoms with Crippen molar-refractivity contribution in [2.45, 2.75) is 13.3 Å². The SMILES string of the molecule is CC1Cc2cccc(-c3nccn3C)c2C1=O. The lowest BCUT2D eigenvalue weighted by Crippen LogP contribution is -2.05. The molecule has 1 heterocycles. The summed E-state index contributed by atoms with van der Waals surface area (Å²) in [6.07, 6.45) is 4.52. The molecule has 0 fully saturated rings. The van der Waals surface area contributed by atoms with Gasteiger partial charge in [-0.25, -0.2) is 4.98 Å². The monoisotopic (exact) mass is 226 g/mol. The zero-order valence-electron chi connectivity index (χ0n) is 9.97. The molecule has 0 radical (unpaired) electrons. The van der Waals surface area contributed by atoms with Crippen molar-refractivity contribution < 1.29 is 4.79 Å². The van der Waals surface area contributed by atoms with Crippen molar-refractivity contribution in [3.8, 4) is 11.4 Å². The molecule has 2 aromatic rings. The highest BCUT2D eigenvalue weighted by Crippen LogP contribution is 2.33. The quantitative estimate of drug-likeness (QED) is 0.748. The van der Waals surface area contributed by atoms with Crippen LogP contribution in [-0.4, -0.2) is 15.3 Å². The van der Waals surface area contributed by atoms with E-state index < -0.39 is 0 Å². The number of Topliss-reactive ketones (excluding diaryl/α,β-unsaturated/α-hetero) is 1. The molecule has 0 bridgehead atoms. The number of hydrogen-bond donors (Lipinski definition) is 0. The molecule has 0 saturated heterocycles. The molecule has 0 N–H and O–H groups in total. The minimum atomic E-state index is 0.103. The molecule has 1 aromatic carbocycles. The average molecular weight is 226 g/mol. The van der Waals surface area contributed by atoms with Crippen LogP contribution in [0.5, 0.6) is 0 Å². The number of benzene rings is 1. The van der Waals surface area contributed by atoms with E-state index in [1.165, 1.54) is 0 Å². The lowest BCUT2D eigenvalue weighted by molar-refractivity contribution is 0.0947. The van der Waals surface area contributed by atoms with E-state index in [1.807, 2.05) is 42.9 Å². The summed E-state index contributed by atoms with van der Waals surface area (Å²) < 4.78 is 1.95. The second-order valence-electron chi connectivity index (χ2n) is 4.67. The molecule has 3 heteroatoms. The average Bonchev–Trinajstić information content (AvgIpc) is 2.85. The van der Waals surface area contributed by atoms with Crippen LogP contribution in [0.2, 0.25) is 0 Å². The van der Waals surface area contributed by atoms with E-state index in [2.05, 4.69) is 4.98 Å². The Bertz CT molecular complexity index is 598. The second-order valence-corrected chi connectivity index (χ2v) is 4.67. The van der Waals surface area contributed by atoms with Crippen molar-refractivity contribution in [2.75, 3.05) is 0 Å². The van der Waals surface area contributed by atoms with Gasteiger partial charge in [0.05, 0.1) is 0 Å². The smallest absolute Gasteiger partial charge is 0.167 e. The Hall–Kier alpha value is -1.90. The minimum absolute atomic E-state index is 0.103. The highest BCUT2D eigenvalue weighted by atomic mass is 16.1. The Morgan fingerprint density at radius 1 is 1.41 bits per heavy atom. The van der Waals surface area contributed by atoms with Crippen molar-refractivity contribution in [2.24, 2.45) is 13.0 Å². The van der Waals surface area contributed by atoms with Gasteiger partial charge in [-0.15, -0.1) is 0 Å². The number of imidazole rings is 1. The summed E-state index contributed by atoms with van der Waals surface area (Å²) in [5, 5.41) is 0. The van der Waals surface area contributed by atoms with Gasteiger partial charge in [0.25, 0.3) is 0 Å². The highest BCUT2D eigenvalue weighted by molar-refractivity contribution is 6.07. The van der Waals surface area contributed by atoms with Gasteiger partial charge >= 0.3 is 0 Å². The number of aromatic nitrogens is 2. The summed E-state index contributed by atoms with van der Waals surface area (Å²) in [5.41, 5.74) is 2.99. The molecule has 86 valence electrons.